The van der Waals surface area contributed by atoms with E-state index in [1.54, 1.807) is 0 Å². The van der Waals surface area contributed by atoms with Crippen LogP contribution in [0.2, 0.25) is 0 Å². The van der Waals surface area contributed by atoms with Gasteiger partial charge in [0.25, 0.3) is 0 Å². The fourth-order valence-electron chi connectivity index (χ4n) is 3.05. The summed E-state index contributed by atoms with van der Waals surface area (Å²) in [7, 11) is 0. The topological polar surface area (TPSA) is 46.3 Å². The Morgan fingerprint density at radius 3 is 2.60 bits per heavy atom. The smallest absolute Gasteiger partial charge is 0.224 e. The van der Waals surface area contributed by atoms with Crippen molar-refractivity contribution in [2.75, 3.05) is 6.54 Å². The molecule has 1 saturated carbocycles. The zero-order valence-corrected chi connectivity index (χ0v) is 12.5. The summed E-state index contributed by atoms with van der Waals surface area (Å²) in [4.78, 5) is 14.5. The second-order valence-corrected chi connectivity index (χ2v) is 5.78. The van der Waals surface area contributed by atoms with Crippen LogP contribution >= 0.6 is 0 Å². The lowest BCUT2D eigenvalue weighted by molar-refractivity contribution is -0.134. The van der Waals surface area contributed by atoms with E-state index < -0.39 is 0 Å². The summed E-state index contributed by atoms with van der Waals surface area (Å²) in [6.07, 6.45) is 6.53. The van der Waals surface area contributed by atoms with Gasteiger partial charge in [-0.05, 0) is 30.9 Å². The van der Waals surface area contributed by atoms with Crippen molar-refractivity contribution in [1.82, 2.24) is 4.90 Å². The van der Waals surface area contributed by atoms with Gasteiger partial charge in [-0.15, -0.1) is 0 Å². The van der Waals surface area contributed by atoms with Crippen LogP contribution in [0.5, 0.6) is 0 Å². The minimum Gasteiger partial charge on any atom is -0.335 e. The molecule has 2 N–H and O–H groups in total. The Labute approximate surface area is 122 Å². The van der Waals surface area contributed by atoms with E-state index in [2.05, 4.69) is 30.0 Å². The summed E-state index contributed by atoms with van der Waals surface area (Å²) < 4.78 is 0. The highest BCUT2D eigenvalue weighted by Gasteiger charge is 2.25. The van der Waals surface area contributed by atoms with Crippen molar-refractivity contribution in [3.8, 4) is 0 Å². The second-order valence-electron chi connectivity index (χ2n) is 5.78. The number of hydrogen-bond acceptors (Lipinski definition) is 2. The van der Waals surface area contributed by atoms with E-state index in [9.17, 15) is 4.79 Å². The zero-order valence-electron chi connectivity index (χ0n) is 12.5. The maximum atomic E-state index is 12.4. The second kappa shape index (κ2) is 7.44. The maximum absolute atomic E-state index is 12.4. The molecule has 0 bridgehead atoms. The molecule has 1 fully saturated rings. The highest BCUT2D eigenvalue weighted by Crippen LogP contribution is 2.25. The van der Waals surface area contributed by atoms with E-state index in [1.165, 1.54) is 30.4 Å². The van der Waals surface area contributed by atoms with Gasteiger partial charge < -0.3 is 10.6 Å². The quantitative estimate of drug-likeness (QED) is 0.897. The Bertz CT molecular complexity index is 438. The molecule has 0 saturated heterocycles. The van der Waals surface area contributed by atoms with Gasteiger partial charge in [-0.25, -0.2) is 0 Å². The molecule has 3 heteroatoms. The first-order chi connectivity index (χ1) is 9.72. The number of hydrogen-bond donors (Lipinski definition) is 1. The molecule has 0 spiro atoms. The molecule has 0 heterocycles. The minimum absolute atomic E-state index is 0.211. The first-order valence-corrected chi connectivity index (χ1v) is 7.76. The van der Waals surface area contributed by atoms with Gasteiger partial charge in [0.2, 0.25) is 5.91 Å². The van der Waals surface area contributed by atoms with Crippen molar-refractivity contribution < 1.29 is 4.79 Å². The van der Waals surface area contributed by atoms with E-state index in [-0.39, 0.29) is 5.91 Å². The molecule has 1 aromatic carbocycles. The predicted molar refractivity (Wildman–Crippen MR) is 82.3 cm³/mol. The first-order valence-electron chi connectivity index (χ1n) is 7.76. The van der Waals surface area contributed by atoms with Crippen LogP contribution in [0, 0.1) is 6.92 Å². The third kappa shape index (κ3) is 3.83. The van der Waals surface area contributed by atoms with Crippen LogP contribution in [-0.4, -0.2) is 23.4 Å². The number of carbonyl (C=O) groups excluding carboxylic acids is 1. The Balaban J connectivity index is 2.13. The number of aryl methyl sites for hydroxylation is 1. The van der Waals surface area contributed by atoms with Gasteiger partial charge in [-0.2, -0.15) is 0 Å². The summed E-state index contributed by atoms with van der Waals surface area (Å²) in [6.45, 7) is 3.29. The Kier molecular flexibility index (Phi) is 5.60. The van der Waals surface area contributed by atoms with Crippen LogP contribution in [0.15, 0.2) is 24.3 Å². The molecule has 0 unspecified atom stereocenters. The molecule has 3 nitrogen and oxygen atoms in total. The van der Waals surface area contributed by atoms with Crippen LogP contribution in [0.3, 0.4) is 0 Å². The maximum Gasteiger partial charge on any atom is 0.224 e. The molecule has 0 aliphatic heterocycles. The molecule has 0 aromatic heterocycles. The lowest BCUT2D eigenvalue weighted by Gasteiger charge is -2.35. The van der Waals surface area contributed by atoms with Gasteiger partial charge in [0.15, 0.2) is 0 Å². The van der Waals surface area contributed by atoms with Crippen molar-refractivity contribution in [1.29, 1.82) is 0 Å². The van der Waals surface area contributed by atoms with Crippen molar-refractivity contribution in [3.05, 3.63) is 35.4 Å². The van der Waals surface area contributed by atoms with Crippen LogP contribution < -0.4 is 5.73 Å². The number of rotatable bonds is 5. The van der Waals surface area contributed by atoms with Crippen molar-refractivity contribution in [2.24, 2.45) is 5.73 Å². The van der Waals surface area contributed by atoms with E-state index in [0.717, 1.165) is 19.4 Å². The third-order valence-corrected chi connectivity index (χ3v) is 4.30. The van der Waals surface area contributed by atoms with Crippen LogP contribution in [0.25, 0.3) is 0 Å². The molecule has 2 rings (SSSR count). The first kappa shape index (κ1) is 15.0. The molecule has 1 aliphatic rings. The van der Waals surface area contributed by atoms with Gasteiger partial charge in [0, 0.05) is 25.6 Å². The van der Waals surface area contributed by atoms with Gasteiger partial charge >= 0.3 is 0 Å². The predicted octanol–water partition coefficient (Wildman–Crippen LogP) is 3.01. The van der Waals surface area contributed by atoms with Gasteiger partial charge in [-0.1, -0.05) is 43.5 Å². The molecule has 1 aliphatic carbocycles. The van der Waals surface area contributed by atoms with Gasteiger partial charge in [0.05, 0.1) is 0 Å². The third-order valence-electron chi connectivity index (χ3n) is 4.30. The molecule has 0 radical (unpaired) electrons. The summed E-state index contributed by atoms with van der Waals surface area (Å²) in [5.41, 5.74) is 8.08. The molecule has 1 amide bonds. The van der Waals surface area contributed by atoms with E-state index in [4.69, 9.17) is 5.73 Å². The number of benzene rings is 1. The monoisotopic (exact) mass is 274 g/mol. The van der Waals surface area contributed by atoms with Crippen LogP contribution in [-0.2, 0) is 11.3 Å². The van der Waals surface area contributed by atoms with Crippen LogP contribution in [0.1, 0.15) is 49.7 Å². The zero-order chi connectivity index (χ0) is 14.4. The van der Waals surface area contributed by atoms with Crippen LogP contribution in [0.4, 0.5) is 0 Å². The molecular weight excluding hydrogens is 248 g/mol. The summed E-state index contributed by atoms with van der Waals surface area (Å²) in [5, 5.41) is 0. The van der Waals surface area contributed by atoms with E-state index >= 15 is 0 Å². The Morgan fingerprint density at radius 1 is 1.25 bits per heavy atom. The highest BCUT2D eigenvalue weighted by atomic mass is 16.2. The molecule has 110 valence electrons. The standard InChI is InChI=1S/C17H26N2O/c1-14-7-5-6-8-15(14)13-19(17(20)11-12-18)16-9-3-2-4-10-16/h5-8,16H,2-4,9-13,18H2,1H3. The number of amides is 1. The summed E-state index contributed by atoms with van der Waals surface area (Å²) in [5.74, 6) is 0.211. The normalized spacial score (nSPS) is 16.1. The average molecular weight is 274 g/mol. The number of carbonyl (C=O) groups is 1. The molecule has 0 atom stereocenters. The number of nitrogens with zero attached hydrogens (tertiary/aromatic N) is 1. The Morgan fingerprint density at radius 2 is 1.95 bits per heavy atom. The Hall–Kier alpha value is -1.35. The van der Waals surface area contributed by atoms with Crippen molar-refractivity contribution >= 4 is 5.91 Å². The average Bonchev–Trinajstić information content (AvgIpc) is 2.47. The fourth-order valence-corrected chi connectivity index (χ4v) is 3.05. The minimum atomic E-state index is 0.211. The van der Waals surface area contributed by atoms with E-state index in [0.29, 0.717) is 19.0 Å². The fraction of sp³-hybridized carbons (Fsp3) is 0.588. The van der Waals surface area contributed by atoms with Crippen molar-refractivity contribution in [2.45, 2.75) is 58.0 Å². The van der Waals surface area contributed by atoms with Gasteiger partial charge in [-0.3, -0.25) is 4.79 Å². The summed E-state index contributed by atoms with van der Waals surface area (Å²) >= 11 is 0. The van der Waals surface area contributed by atoms with Crippen molar-refractivity contribution in [3.63, 3.8) is 0 Å². The van der Waals surface area contributed by atoms with Gasteiger partial charge in [0.1, 0.15) is 0 Å². The highest BCUT2D eigenvalue weighted by molar-refractivity contribution is 5.76. The lowest BCUT2D eigenvalue weighted by Crippen LogP contribution is -2.41. The largest absolute Gasteiger partial charge is 0.335 e. The lowest BCUT2D eigenvalue weighted by atomic mass is 9.93. The van der Waals surface area contributed by atoms with E-state index in [1.807, 2.05) is 6.07 Å². The summed E-state index contributed by atoms with van der Waals surface area (Å²) in [6, 6.07) is 8.74. The molecule has 1 aromatic rings. The molecule has 20 heavy (non-hydrogen) atoms. The SMILES string of the molecule is Cc1ccccc1CN(C(=O)CCN)C1CCCCC1. The molecular formula is C17H26N2O. The number of nitrogens with two attached hydrogens (primary N) is 1.